The van der Waals surface area contributed by atoms with E-state index in [1.807, 2.05) is 0 Å². The lowest BCUT2D eigenvalue weighted by Gasteiger charge is -2.50. The molecular formula is C50H72N4O2. The molecule has 4 aromatic rings. The Bertz CT molecular complexity index is 1760. The van der Waals surface area contributed by atoms with Gasteiger partial charge in [0.15, 0.2) is 0 Å². The van der Waals surface area contributed by atoms with E-state index in [9.17, 15) is 10.2 Å². The molecule has 1 aliphatic carbocycles. The third kappa shape index (κ3) is 8.82. The molecule has 1 saturated carbocycles. The van der Waals surface area contributed by atoms with Crippen molar-refractivity contribution in [3.05, 3.63) is 71.8 Å². The van der Waals surface area contributed by atoms with E-state index in [-0.39, 0.29) is 23.2 Å². The fourth-order valence-corrected chi connectivity index (χ4v) is 10.3. The zero-order valence-corrected chi connectivity index (χ0v) is 35.1. The second kappa shape index (κ2) is 18.4. The summed E-state index contributed by atoms with van der Waals surface area (Å²) in [6.07, 6.45) is 24.1. The lowest BCUT2D eigenvalue weighted by atomic mass is 9.62. The Hall–Kier alpha value is -3.48. The lowest BCUT2D eigenvalue weighted by Crippen LogP contribution is -2.53. The first-order valence-corrected chi connectivity index (χ1v) is 22.9. The van der Waals surface area contributed by atoms with Gasteiger partial charge in [0.2, 0.25) is 0 Å². The highest BCUT2D eigenvalue weighted by Gasteiger charge is 2.53. The molecule has 7 rings (SSSR count). The smallest absolute Gasteiger partial charge is 0.105 e. The molecule has 2 aliphatic heterocycles. The predicted molar refractivity (Wildman–Crippen MR) is 240 cm³/mol. The van der Waals surface area contributed by atoms with Crippen molar-refractivity contribution in [3.8, 4) is 0 Å². The van der Waals surface area contributed by atoms with Gasteiger partial charge in [0.25, 0.3) is 0 Å². The van der Waals surface area contributed by atoms with E-state index in [0.717, 1.165) is 70.3 Å². The molecule has 0 amide bonds. The largest absolute Gasteiger partial charge is 0.392 e. The summed E-state index contributed by atoms with van der Waals surface area (Å²) in [5, 5.41) is 44.6. The number of hydrogen-bond acceptors (Lipinski definition) is 6. The summed E-state index contributed by atoms with van der Waals surface area (Å²) in [6, 6.07) is 21.6. The van der Waals surface area contributed by atoms with Crippen molar-refractivity contribution in [3.63, 3.8) is 0 Å². The van der Waals surface area contributed by atoms with Crippen LogP contribution < -0.4 is 21.3 Å². The van der Waals surface area contributed by atoms with Gasteiger partial charge in [-0.1, -0.05) is 165 Å². The zero-order chi connectivity index (χ0) is 39.1. The molecule has 2 heterocycles. The number of aliphatic hydroxyl groups excluding tert-OH is 2. The molecule has 4 aromatic carbocycles. The van der Waals surface area contributed by atoms with Crippen LogP contribution in [0.4, 0.5) is 22.7 Å². The molecule has 0 bridgehead atoms. The van der Waals surface area contributed by atoms with Crippen LogP contribution in [0.5, 0.6) is 0 Å². The molecule has 1 fully saturated rings. The Morgan fingerprint density at radius 2 is 0.804 bits per heavy atom. The number of benzene rings is 4. The first kappa shape index (κ1) is 40.7. The number of unbranched alkanes of at least 4 members (excludes halogenated alkanes) is 16. The van der Waals surface area contributed by atoms with Crippen molar-refractivity contribution in [2.75, 3.05) is 21.3 Å². The standard InChI is InChI=1S/C50H72N4O2/c1-5-7-9-11-13-15-17-19-21-33-49(3)51-39-27-23-25-35-29-31-37(45(53-49)41(35)39)43-47(55)44(48(43)56)38-32-30-36-26-24-28-40-42(36)46(38)54-50(4,52-40)34-22-20-18-16-14-12-10-8-6-2/h23-32,43-44,47-48,51-56H,5-22,33-34H2,1-4H3. The van der Waals surface area contributed by atoms with Gasteiger partial charge in [-0.15, -0.1) is 0 Å². The first-order chi connectivity index (χ1) is 27.3. The maximum absolute atomic E-state index is 12.2. The van der Waals surface area contributed by atoms with Gasteiger partial charge in [0.1, 0.15) is 11.3 Å². The van der Waals surface area contributed by atoms with Crippen LogP contribution in [0.15, 0.2) is 60.7 Å². The number of anilines is 4. The minimum atomic E-state index is -0.715. The van der Waals surface area contributed by atoms with Crippen LogP contribution in [0.2, 0.25) is 0 Å². The molecule has 0 spiro atoms. The number of aliphatic hydroxyl groups is 2. The lowest BCUT2D eigenvalue weighted by molar-refractivity contribution is -0.0780. The topological polar surface area (TPSA) is 88.6 Å². The zero-order valence-electron chi connectivity index (χ0n) is 35.1. The maximum Gasteiger partial charge on any atom is 0.105 e. The molecule has 3 aliphatic rings. The summed E-state index contributed by atoms with van der Waals surface area (Å²) in [5.74, 6) is -0.772. The Labute approximate surface area is 338 Å². The molecule has 6 nitrogen and oxygen atoms in total. The molecule has 0 saturated heterocycles. The van der Waals surface area contributed by atoms with Crippen LogP contribution >= 0.6 is 0 Å². The van der Waals surface area contributed by atoms with Gasteiger partial charge >= 0.3 is 0 Å². The summed E-state index contributed by atoms with van der Waals surface area (Å²) in [4.78, 5) is 0. The van der Waals surface area contributed by atoms with Crippen LogP contribution in [0.1, 0.15) is 179 Å². The summed E-state index contributed by atoms with van der Waals surface area (Å²) in [7, 11) is 0. The van der Waals surface area contributed by atoms with Gasteiger partial charge in [-0.25, -0.2) is 0 Å². The molecule has 6 N–H and O–H groups in total. The summed E-state index contributed by atoms with van der Waals surface area (Å²) in [5.41, 5.74) is 5.79. The predicted octanol–water partition coefficient (Wildman–Crippen LogP) is 13.5. The summed E-state index contributed by atoms with van der Waals surface area (Å²) in [6.45, 7) is 9.11. The Balaban J connectivity index is 1.05. The van der Waals surface area contributed by atoms with Gasteiger partial charge in [0, 0.05) is 45.4 Å². The van der Waals surface area contributed by atoms with Crippen molar-refractivity contribution in [1.82, 2.24) is 0 Å². The molecular weight excluding hydrogens is 689 g/mol. The Morgan fingerprint density at radius 1 is 0.446 bits per heavy atom. The quantitative estimate of drug-likeness (QED) is 0.0447. The second-order valence-corrected chi connectivity index (χ2v) is 18.2. The summed E-state index contributed by atoms with van der Waals surface area (Å²) < 4.78 is 0. The fraction of sp³-hybridized carbons (Fsp3) is 0.600. The first-order valence-electron chi connectivity index (χ1n) is 22.9. The normalized spacial score (nSPS) is 25.0. The van der Waals surface area contributed by atoms with E-state index >= 15 is 0 Å². The minimum Gasteiger partial charge on any atom is -0.392 e. The van der Waals surface area contributed by atoms with E-state index in [1.54, 1.807) is 0 Å². The molecule has 0 radical (unpaired) electrons. The van der Waals surface area contributed by atoms with Crippen molar-refractivity contribution >= 4 is 44.3 Å². The van der Waals surface area contributed by atoms with Gasteiger partial charge < -0.3 is 31.5 Å². The molecule has 2 atom stereocenters. The van der Waals surface area contributed by atoms with Crippen molar-refractivity contribution in [2.24, 2.45) is 0 Å². The third-order valence-corrected chi connectivity index (χ3v) is 13.5. The Morgan fingerprint density at radius 3 is 1.18 bits per heavy atom. The maximum atomic E-state index is 12.2. The highest BCUT2D eigenvalue weighted by Crippen LogP contribution is 2.56. The van der Waals surface area contributed by atoms with Crippen molar-refractivity contribution in [1.29, 1.82) is 0 Å². The Kier molecular flexibility index (Phi) is 13.4. The van der Waals surface area contributed by atoms with Crippen LogP contribution in [0.25, 0.3) is 21.5 Å². The monoisotopic (exact) mass is 761 g/mol. The molecule has 2 unspecified atom stereocenters. The number of nitrogens with one attached hydrogen (secondary N) is 4. The van der Waals surface area contributed by atoms with E-state index in [2.05, 4.69) is 110 Å². The minimum absolute atomic E-state index is 0.313. The van der Waals surface area contributed by atoms with Gasteiger partial charge in [-0.2, -0.15) is 0 Å². The molecule has 6 heteroatoms. The van der Waals surface area contributed by atoms with Crippen molar-refractivity contribution in [2.45, 2.75) is 191 Å². The second-order valence-electron chi connectivity index (χ2n) is 18.2. The van der Waals surface area contributed by atoms with E-state index < -0.39 is 12.2 Å². The SMILES string of the molecule is CCCCCCCCCCCC1(C)Nc2cccc3ccc(C4C(O)C(c5ccc6cccc7c6c5NC(C)(CCCCCCCCCCC)N7)C4O)c(c23)N1. The average Bonchev–Trinajstić information content (AvgIpc) is 3.18. The van der Waals surface area contributed by atoms with Gasteiger partial charge in [0.05, 0.1) is 12.2 Å². The van der Waals surface area contributed by atoms with Crippen LogP contribution in [-0.4, -0.2) is 33.7 Å². The van der Waals surface area contributed by atoms with Gasteiger partial charge in [-0.05, 0) is 73.6 Å². The van der Waals surface area contributed by atoms with E-state index in [4.69, 9.17) is 0 Å². The van der Waals surface area contributed by atoms with Crippen LogP contribution in [-0.2, 0) is 0 Å². The molecule has 0 aromatic heterocycles. The van der Waals surface area contributed by atoms with Crippen molar-refractivity contribution < 1.29 is 10.2 Å². The van der Waals surface area contributed by atoms with E-state index in [1.165, 1.54) is 114 Å². The summed E-state index contributed by atoms with van der Waals surface area (Å²) >= 11 is 0. The average molecular weight is 761 g/mol. The van der Waals surface area contributed by atoms with Gasteiger partial charge in [-0.3, -0.25) is 0 Å². The van der Waals surface area contributed by atoms with Crippen LogP contribution in [0, 0.1) is 0 Å². The number of rotatable bonds is 22. The fourth-order valence-electron chi connectivity index (χ4n) is 10.3. The van der Waals surface area contributed by atoms with Crippen LogP contribution in [0.3, 0.4) is 0 Å². The highest BCUT2D eigenvalue weighted by atomic mass is 16.3. The third-order valence-electron chi connectivity index (χ3n) is 13.5. The molecule has 56 heavy (non-hydrogen) atoms. The number of hydrogen-bond donors (Lipinski definition) is 6. The van der Waals surface area contributed by atoms with E-state index in [0.29, 0.717) is 0 Å². The highest BCUT2D eigenvalue weighted by molar-refractivity contribution is 6.08. The molecule has 304 valence electrons.